The molecule has 0 aromatic heterocycles. The van der Waals surface area contributed by atoms with Crippen molar-refractivity contribution in [1.29, 1.82) is 0 Å². The predicted molar refractivity (Wildman–Crippen MR) is 61.1 cm³/mol. The molecule has 0 fully saturated rings. The lowest BCUT2D eigenvalue weighted by molar-refractivity contribution is 0.221. The zero-order chi connectivity index (χ0) is 10.7. The van der Waals surface area contributed by atoms with Crippen LogP contribution in [0.25, 0.3) is 0 Å². The molecule has 0 radical (unpaired) electrons. The van der Waals surface area contributed by atoms with Gasteiger partial charge < -0.3 is 10.5 Å². The Morgan fingerprint density at radius 3 is 3.07 bits per heavy atom. The molecule has 80 valence electrons. The summed E-state index contributed by atoms with van der Waals surface area (Å²) in [4.78, 5) is 4.22. The van der Waals surface area contributed by atoms with Gasteiger partial charge in [-0.15, -0.1) is 0 Å². The van der Waals surface area contributed by atoms with Crippen molar-refractivity contribution in [3.8, 4) is 0 Å². The topological polar surface area (TPSA) is 47.6 Å². The van der Waals surface area contributed by atoms with Gasteiger partial charge in [0.15, 0.2) is 5.90 Å². The van der Waals surface area contributed by atoms with Crippen LogP contribution < -0.4 is 5.73 Å². The molecule has 1 heterocycles. The Kier molecular flexibility index (Phi) is 3.02. The van der Waals surface area contributed by atoms with Crippen molar-refractivity contribution in [3.05, 3.63) is 35.4 Å². The van der Waals surface area contributed by atoms with Crippen LogP contribution in [0, 0.1) is 6.92 Å². The number of aliphatic imine (C=N–C) groups is 1. The number of ether oxygens (including phenoxy) is 1. The molecular weight excluding hydrogens is 188 g/mol. The highest BCUT2D eigenvalue weighted by molar-refractivity contribution is 5.79. The van der Waals surface area contributed by atoms with Crippen molar-refractivity contribution in [2.24, 2.45) is 10.7 Å². The van der Waals surface area contributed by atoms with Gasteiger partial charge in [-0.1, -0.05) is 29.8 Å². The Morgan fingerprint density at radius 1 is 1.53 bits per heavy atom. The van der Waals surface area contributed by atoms with Crippen molar-refractivity contribution in [2.45, 2.75) is 19.4 Å². The van der Waals surface area contributed by atoms with Crippen LogP contribution in [0.5, 0.6) is 0 Å². The molecule has 1 aliphatic heterocycles. The van der Waals surface area contributed by atoms with E-state index in [0.29, 0.717) is 12.4 Å². The standard InChI is InChI=1S/C12H16N2O/c1-9-3-2-4-10(5-9)6-11-8-14-12(7-13)15-11/h2-5,11H,6-8,13H2,1H3. The molecule has 3 nitrogen and oxygen atoms in total. The van der Waals surface area contributed by atoms with E-state index < -0.39 is 0 Å². The van der Waals surface area contributed by atoms with E-state index in [9.17, 15) is 0 Å². The Balaban J connectivity index is 1.94. The number of nitrogens with zero attached hydrogens (tertiary/aromatic N) is 1. The number of benzene rings is 1. The van der Waals surface area contributed by atoms with Crippen molar-refractivity contribution < 1.29 is 4.74 Å². The first-order valence-corrected chi connectivity index (χ1v) is 5.23. The Morgan fingerprint density at radius 2 is 2.40 bits per heavy atom. The van der Waals surface area contributed by atoms with Crippen molar-refractivity contribution in [2.75, 3.05) is 13.1 Å². The van der Waals surface area contributed by atoms with E-state index >= 15 is 0 Å². The maximum absolute atomic E-state index is 5.58. The monoisotopic (exact) mass is 204 g/mol. The molecule has 1 atom stereocenters. The van der Waals surface area contributed by atoms with E-state index in [1.165, 1.54) is 11.1 Å². The third kappa shape index (κ3) is 2.57. The number of rotatable bonds is 3. The molecule has 15 heavy (non-hydrogen) atoms. The average Bonchev–Trinajstić information content (AvgIpc) is 2.65. The maximum Gasteiger partial charge on any atom is 0.197 e. The Labute approximate surface area is 90.0 Å². The minimum absolute atomic E-state index is 0.172. The van der Waals surface area contributed by atoms with Crippen LogP contribution in [0.4, 0.5) is 0 Å². The van der Waals surface area contributed by atoms with Crippen LogP contribution in [0.3, 0.4) is 0 Å². The Hall–Kier alpha value is -1.35. The second kappa shape index (κ2) is 4.45. The molecule has 1 unspecified atom stereocenters. The minimum atomic E-state index is 0.172. The van der Waals surface area contributed by atoms with Crippen LogP contribution in [0.2, 0.25) is 0 Å². The second-order valence-electron chi connectivity index (χ2n) is 3.87. The molecule has 2 rings (SSSR count). The molecule has 0 saturated carbocycles. The summed E-state index contributed by atoms with van der Waals surface area (Å²) in [6.45, 7) is 3.24. The van der Waals surface area contributed by atoms with Gasteiger partial charge in [0.2, 0.25) is 0 Å². The number of hydrogen-bond donors (Lipinski definition) is 1. The van der Waals surface area contributed by atoms with Crippen LogP contribution in [-0.2, 0) is 11.2 Å². The van der Waals surface area contributed by atoms with Crippen LogP contribution >= 0.6 is 0 Å². The molecule has 1 aromatic rings. The zero-order valence-electron chi connectivity index (χ0n) is 8.94. The third-order valence-corrected chi connectivity index (χ3v) is 2.49. The lowest BCUT2D eigenvalue weighted by atomic mass is 10.1. The molecule has 0 spiro atoms. The van der Waals surface area contributed by atoms with Crippen LogP contribution in [-0.4, -0.2) is 25.1 Å². The highest BCUT2D eigenvalue weighted by Gasteiger charge is 2.18. The van der Waals surface area contributed by atoms with Crippen molar-refractivity contribution >= 4 is 5.90 Å². The fraction of sp³-hybridized carbons (Fsp3) is 0.417. The quantitative estimate of drug-likeness (QED) is 0.806. The molecule has 0 amide bonds. The van der Waals surface area contributed by atoms with Gasteiger partial charge in [-0.3, -0.25) is 4.99 Å². The summed E-state index contributed by atoms with van der Waals surface area (Å²) in [5.41, 5.74) is 8.04. The highest BCUT2D eigenvalue weighted by Crippen LogP contribution is 2.12. The molecule has 3 heteroatoms. The number of aryl methyl sites for hydroxylation is 1. The van der Waals surface area contributed by atoms with E-state index in [1.54, 1.807) is 0 Å². The largest absolute Gasteiger partial charge is 0.474 e. The molecule has 0 saturated heterocycles. The summed E-state index contributed by atoms with van der Waals surface area (Å²) in [6.07, 6.45) is 1.08. The summed E-state index contributed by atoms with van der Waals surface area (Å²) in [5, 5.41) is 0. The van der Waals surface area contributed by atoms with Crippen LogP contribution in [0.1, 0.15) is 11.1 Å². The molecule has 1 aromatic carbocycles. The predicted octanol–water partition coefficient (Wildman–Crippen LogP) is 1.29. The number of nitrogens with two attached hydrogens (primary N) is 1. The van der Waals surface area contributed by atoms with Gasteiger partial charge in [-0.2, -0.15) is 0 Å². The van der Waals surface area contributed by atoms with Gasteiger partial charge >= 0.3 is 0 Å². The molecule has 0 bridgehead atoms. The Bertz CT molecular complexity index is 374. The van der Waals surface area contributed by atoms with Crippen molar-refractivity contribution in [3.63, 3.8) is 0 Å². The maximum atomic E-state index is 5.58. The normalized spacial score (nSPS) is 19.9. The van der Waals surface area contributed by atoms with Crippen LogP contribution in [0.15, 0.2) is 29.3 Å². The summed E-state index contributed by atoms with van der Waals surface area (Å²) in [7, 11) is 0. The van der Waals surface area contributed by atoms with Gasteiger partial charge in [0.1, 0.15) is 6.10 Å². The average molecular weight is 204 g/mol. The van der Waals surface area contributed by atoms with E-state index in [1.807, 2.05) is 0 Å². The highest BCUT2D eigenvalue weighted by atomic mass is 16.5. The third-order valence-electron chi connectivity index (χ3n) is 2.49. The first kappa shape index (κ1) is 10.2. The molecule has 1 aliphatic rings. The van der Waals surface area contributed by atoms with Gasteiger partial charge in [0.05, 0.1) is 13.1 Å². The van der Waals surface area contributed by atoms with Gasteiger partial charge in [0.25, 0.3) is 0 Å². The fourth-order valence-electron chi connectivity index (χ4n) is 1.79. The van der Waals surface area contributed by atoms with E-state index in [0.717, 1.165) is 13.0 Å². The summed E-state index contributed by atoms with van der Waals surface area (Å²) >= 11 is 0. The molecule has 0 aliphatic carbocycles. The smallest absolute Gasteiger partial charge is 0.197 e. The zero-order valence-corrected chi connectivity index (χ0v) is 8.94. The van der Waals surface area contributed by atoms with Gasteiger partial charge in [-0.25, -0.2) is 0 Å². The lowest BCUT2D eigenvalue weighted by Crippen LogP contribution is -2.20. The SMILES string of the molecule is Cc1cccc(CC2CN=C(CN)O2)c1. The first-order valence-electron chi connectivity index (χ1n) is 5.23. The second-order valence-corrected chi connectivity index (χ2v) is 3.87. The number of hydrogen-bond acceptors (Lipinski definition) is 3. The van der Waals surface area contributed by atoms with E-state index in [-0.39, 0.29) is 6.10 Å². The van der Waals surface area contributed by atoms with Gasteiger partial charge in [-0.05, 0) is 12.5 Å². The van der Waals surface area contributed by atoms with Gasteiger partial charge in [0, 0.05) is 6.42 Å². The fourth-order valence-corrected chi connectivity index (χ4v) is 1.79. The van der Waals surface area contributed by atoms with E-state index in [2.05, 4.69) is 36.2 Å². The van der Waals surface area contributed by atoms with E-state index in [4.69, 9.17) is 10.5 Å². The lowest BCUT2D eigenvalue weighted by Gasteiger charge is -2.10. The minimum Gasteiger partial charge on any atom is -0.474 e. The molecular formula is C12H16N2O. The molecule has 2 N–H and O–H groups in total. The summed E-state index contributed by atoms with van der Waals surface area (Å²) in [5.74, 6) is 0.688. The summed E-state index contributed by atoms with van der Waals surface area (Å²) < 4.78 is 5.58. The first-order chi connectivity index (χ1) is 7.28. The van der Waals surface area contributed by atoms with Crippen molar-refractivity contribution in [1.82, 2.24) is 0 Å². The summed E-state index contributed by atoms with van der Waals surface area (Å²) in [6, 6.07) is 8.48.